The van der Waals surface area contributed by atoms with E-state index in [0.717, 1.165) is 4.34 Å². The molecule has 2 heterocycles. The fourth-order valence-electron chi connectivity index (χ4n) is 2.93. The summed E-state index contributed by atoms with van der Waals surface area (Å²) in [5.74, 6) is 0. The van der Waals surface area contributed by atoms with Gasteiger partial charge in [-0.3, -0.25) is 0 Å². The second kappa shape index (κ2) is 7.08. The van der Waals surface area contributed by atoms with Gasteiger partial charge in [-0.05, 0) is 36.4 Å². The zero-order valence-electron chi connectivity index (χ0n) is 11.5. The Bertz CT molecular complexity index is 512. The van der Waals surface area contributed by atoms with Crippen LogP contribution in [0, 0.1) is 0 Å². The third-order valence-corrected chi connectivity index (χ3v) is 6.20. The lowest BCUT2D eigenvalue weighted by Gasteiger charge is -2.23. The SMILES string of the molecule is Clc1ccc(C(NC2CCCCCC2)c2cccs2)s1. The number of hydrogen-bond donors (Lipinski definition) is 1. The van der Waals surface area contributed by atoms with Gasteiger partial charge in [0.05, 0.1) is 10.4 Å². The van der Waals surface area contributed by atoms with Crippen LogP contribution < -0.4 is 5.32 Å². The zero-order valence-corrected chi connectivity index (χ0v) is 13.9. The Kier molecular flexibility index (Phi) is 5.16. The van der Waals surface area contributed by atoms with Crippen molar-refractivity contribution in [2.24, 2.45) is 0 Å². The van der Waals surface area contributed by atoms with E-state index < -0.39 is 0 Å². The summed E-state index contributed by atoms with van der Waals surface area (Å²) in [7, 11) is 0. The molecule has 1 fully saturated rings. The molecule has 1 N–H and O–H groups in total. The van der Waals surface area contributed by atoms with Crippen molar-refractivity contribution in [3.8, 4) is 0 Å². The third kappa shape index (κ3) is 3.64. The topological polar surface area (TPSA) is 12.0 Å². The van der Waals surface area contributed by atoms with Crippen LogP contribution in [0.1, 0.15) is 54.3 Å². The first-order valence-corrected chi connectivity index (χ1v) is 9.45. The number of hydrogen-bond acceptors (Lipinski definition) is 3. The van der Waals surface area contributed by atoms with Gasteiger partial charge in [0.2, 0.25) is 0 Å². The number of halogens is 1. The van der Waals surface area contributed by atoms with Crippen molar-refractivity contribution in [1.29, 1.82) is 0 Å². The van der Waals surface area contributed by atoms with Crippen molar-refractivity contribution in [1.82, 2.24) is 5.32 Å². The number of rotatable bonds is 4. The summed E-state index contributed by atoms with van der Waals surface area (Å²) in [6.07, 6.45) is 8.13. The zero-order chi connectivity index (χ0) is 13.8. The lowest BCUT2D eigenvalue weighted by Crippen LogP contribution is -2.32. The Balaban J connectivity index is 1.78. The molecule has 0 saturated heterocycles. The monoisotopic (exact) mass is 325 g/mol. The van der Waals surface area contributed by atoms with Crippen LogP contribution in [0.3, 0.4) is 0 Å². The standard InChI is InChI=1S/C16H20ClNS2/c17-15-10-9-14(20-15)16(13-8-5-11-19-13)18-12-6-3-1-2-4-7-12/h5,8-12,16,18H,1-4,6-7H2. The first-order chi connectivity index (χ1) is 9.83. The van der Waals surface area contributed by atoms with Crippen molar-refractivity contribution in [2.45, 2.75) is 50.6 Å². The molecule has 2 aromatic rings. The highest BCUT2D eigenvalue weighted by molar-refractivity contribution is 7.16. The third-order valence-electron chi connectivity index (χ3n) is 3.96. The van der Waals surface area contributed by atoms with Gasteiger partial charge in [-0.15, -0.1) is 22.7 Å². The van der Waals surface area contributed by atoms with E-state index in [1.54, 1.807) is 11.3 Å². The van der Waals surface area contributed by atoms with Crippen molar-refractivity contribution in [3.63, 3.8) is 0 Å². The van der Waals surface area contributed by atoms with E-state index in [4.69, 9.17) is 11.6 Å². The van der Waals surface area contributed by atoms with Crippen LogP contribution in [-0.2, 0) is 0 Å². The van der Waals surface area contributed by atoms with Gasteiger partial charge in [0.25, 0.3) is 0 Å². The van der Waals surface area contributed by atoms with E-state index in [2.05, 4.69) is 28.9 Å². The Morgan fingerprint density at radius 3 is 2.45 bits per heavy atom. The van der Waals surface area contributed by atoms with Crippen LogP contribution in [0.5, 0.6) is 0 Å². The lowest BCUT2D eigenvalue weighted by atomic mass is 10.1. The summed E-state index contributed by atoms with van der Waals surface area (Å²) in [5, 5.41) is 6.05. The molecule has 2 aromatic heterocycles. The fraction of sp³-hybridized carbons (Fsp3) is 0.500. The van der Waals surface area contributed by atoms with Crippen LogP contribution in [0.2, 0.25) is 4.34 Å². The van der Waals surface area contributed by atoms with Crippen LogP contribution >= 0.6 is 34.3 Å². The normalized spacial score (nSPS) is 18.9. The van der Waals surface area contributed by atoms with Gasteiger partial charge in [0.15, 0.2) is 0 Å². The van der Waals surface area contributed by atoms with Gasteiger partial charge >= 0.3 is 0 Å². The first kappa shape index (κ1) is 14.6. The van der Waals surface area contributed by atoms with Crippen molar-refractivity contribution < 1.29 is 0 Å². The van der Waals surface area contributed by atoms with Gasteiger partial charge in [-0.25, -0.2) is 0 Å². The maximum atomic E-state index is 6.13. The maximum absolute atomic E-state index is 6.13. The van der Waals surface area contributed by atoms with Crippen LogP contribution in [0.15, 0.2) is 29.6 Å². The molecule has 0 bridgehead atoms. The van der Waals surface area contributed by atoms with E-state index in [9.17, 15) is 0 Å². The molecule has 1 saturated carbocycles. The molecule has 0 spiro atoms. The molecular formula is C16H20ClNS2. The molecule has 108 valence electrons. The largest absolute Gasteiger partial charge is 0.302 e. The lowest BCUT2D eigenvalue weighted by molar-refractivity contribution is 0.432. The molecule has 1 unspecified atom stereocenters. The maximum Gasteiger partial charge on any atom is 0.0931 e. The average Bonchev–Trinajstić information content (AvgIpc) is 3.04. The van der Waals surface area contributed by atoms with Crippen LogP contribution in [0.25, 0.3) is 0 Å². The summed E-state index contributed by atoms with van der Waals surface area (Å²) < 4.78 is 0.879. The summed E-state index contributed by atoms with van der Waals surface area (Å²) >= 11 is 9.66. The van der Waals surface area contributed by atoms with Gasteiger partial charge < -0.3 is 5.32 Å². The molecule has 0 amide bonds. The second-order valence-electron chi connectivity index (χ2n) is 5.45. The molecule has 0 aliphatic heterocycles. The predicted octanol–water partition coefficient (Wildman–Crippen LogP) is 5.86. The van der Waals surface area contributed by atoms with Crippen LogP contribution in [0.4, 0.5) is 0 Å². The number of thiophene rings is 2. The molecule has 20 heavy (non-hydrogen) atoms. The minimum atomic E-state index is 0.315. The van der Waals surface area contributed by atoms with Gasteiger partial charge in [0, 0.05) is 15.8 Å². The fourth-order valence-corrected chi connectivity index (χ4v) is 4.94. The highest BCUT2D eigenvalue weighted by atomic mass is 35.5. The molecule has 3 rings (SSSR count). The van der Waals surface area contributed by atoms with Crippen molar-refractivity contribution >= 4 is 34.3 Å². The second-order valence-corrected chi connectivity index (χ2v) is 8.17. The average molecular weight is 326 g/mol. The van der Waals surface area contributed by atoms with Gasteiger partial charge in [-0.1, -0.05) is 43.4 Å². The Morgan fingerprint density at radius 1 is 1.05 bits per heavy atom. The van der Waals surface area contributed by atoms with Crippen LogP contribution in [-0.4, -0.2) is 6.04 Å². The quantitative estimate of drug-likeness (QED) is 0.694. The Hall–Kier alpha value is -0.350. The van der Waals surface area contributed by atoms with Gasteiger partial charge in [-0.2, -0.15) is 0 Å². The van der Waals surface area contributed by atoms with Gasteiger partial charge in [0.1, 0.15) is 0 Å². The predicted molar refractivity (Wildman–Crippen MR) is 90.1 cm³/mol. The molecule has 1 atom stereocenters. The minimum Gasteiger partial charge on any atom is -0.302 e. The Labute approximate surface area is 134 Å². The highest BCUT2D eigenvalue weighted by Crippen LogP contribution is 2.34. The first-order valence-electron chi connectivity index (χ1n) is 7.37. The van der Waals surface area contributed by atoms with E-state index in [0.29, 0.717) is 12.1 Å². The smallest absolute Gasteiger partial charge is 0.0931 e. The van der Waals surface area contributed by atoms with Crippen molar-refractivity contribution in [2.75, 3.05) is 0 Å². The minimum absolute atomic E-state index is 0.315. The van der Waals surface area contributed by atoms with E-state index >= 15 is 0 Å². The summed E-state index contributed by atoms with van der Waals surface area (Å²) in [5.41, 5.74) is 0. The molecule has 1 aliphatic carbocycles. The highest BCUT2D eigenvalue weighted by Gasteiger charge is 2.21. The van der Waals surface area contributed by atoms with E-state index in [1.165, 1.54) is 48.3 Å². The summed E-state index contributed by atoms with van der Waals surface area (Å²) in [4.78, 5) is 2.73. The number of nitrogens with one attached hydrogen (secondary N) is 1. The molecule has 0 aromatic carbocycles. The summed E-state index contributed by atoms with van der Waals surface area (Å²) in [6.45, 7) is 0. The molecular weight excluding hydrogens is 306 g/mol. The van der Waals surface area contributed by atoms with E-state index in [-0.39, 0.29) is 0 Å². The molecule has 4 heteroatoms. The molecule has 1 aliphatic rings. The molecule has 0 radical (unpaired) electrons. The molecule has 1 nitrogen and oxygen atoms in total. The summed E-state index contributed by atoms with van der Waals surface area (Å²) in [6, 6.07) is 9.50. The van der Waals surface area contributed by atoms with E-state index in [1.807, 2.05) is 17.4 Å². The van der Waals surface area contributed by atoms with Crippen molar-refractivity contribution in [3.05, 3.63) is 43.7 Å². The Morgan fingerprint density at radius 2 is 1.85 bits per heavy atom.